The standard InChI is InChI=1S/C25H20F4N8O2/c1-39-21-10-15(18(26)9-16(21)24(38)32-5-7-36-6-4-31-13-36)20-12-33-22-3-2-19(35-37(20)22)14-8-17(25(27,28)29)23(30)34-11-14/h2-4,6,8-13H,5,7H2,1H3,(H2,30,34)(H,32,38). The van der Waals surface area contributed by atoms with E-state index in [9.17, 15) is 18.0 Å². The maximum Gasteiger partial charge on any atom is 0.419 e. The zero-order valence-electron chi connectivity index (χ0n) is 20.3. The Morgan fingerprint density at radius 3 is 2.69 bits per heavy atom. The van der Waals surface area contributed by atoms with Gasteiger partial charge in [0.1, 0.15) is 17.4 Å². The number of nitrogens with zero attached hydrogens (tertiary/aromatic N) is 6. The number of carbonyl (C=O) groups excluding carboxylic acids is 1. The molecule has 4 aromatic heterocycles. The molecule has 3 N–H and O–H groups in total. The van der Waals surface area contributed by atoms with Crippen molar-refractivity contribution in [2.75, 3.05) is 19.4 Å². The molecule has 0 aliphatic heterocycles. The summed E-state index contributed by atoms with van der Waals surface area (Å²) in [7, 11) is 1.34. The number of anilines is 1. The zero-order valence-corrected chi connectivity index (χ0v) is 20.3. The monoisotopic (exact) mass is 540 g/mol. The fourth-order valence-electron chi connectivity index (χ4n) is 3.96. The average molecular weight is 540 g/mol. The minimum Gasteiger partial charge on any atom is -0.496 e. The van der Waals surface area contributed by atoms with Crippen molar-refractivity contribution in [1.29, 1.82) is 0 Å². The number of benzene rings is 1. The first-order valence-corrected chi connectivity index (χ1v) is 11.5. The molecule has 39 heavy (non-hydrogen) atoms. The van der Waals surface area contributed by atoms with E-state index in [0.717, 1.165) is 12.1 Å². The fraction of sp³-hybridized carbons (Fsp3) is 0.160. The van der Waals surface area contributed by atoms with Gasteiger partial charge in [-0.3, -0.25) is 4.79 Å². The highest BCUT2D eigenvalue weighted by atomic mass is 19.4. The Bertz CT molecular complexity index is 1670. The Hall–Kier alpha value is -5.01. The fourth-order valence-corrected chi connectivity index (χ4v) is 3.96. The summed E-state index contributed by atoms with van der Waals surface area (Å²) in [5.41, 5.74) is 4.99. The summed E-state index contributed by atoms with van der Waals surface area (Å²) in [5.74, 6) is -1.84. The van der Waals surface area contributed by atoms with Gasteiger partial charge in [-0.05, 0) is 30.3 Å². The van der Waals surface area contributed by atoms with Gasteiger partial charge in [0.2, 0.25) is 0 Å². The van der Waals surface area contributed by atoms with Crippen LogP contribution in [-0.2, 0) is 12.7 Å². The maximum atomic E-state index is 15.3. The van der Waals surface area contributed by atoms with Crippen LogP contribution < -0.4 is 15.8 Å². The second-order valence-corrected chi connectivity index (χ2v) is 8.38. The number of fused-ring (bicyclic) bond motifs is 1. The van der Waals surface area contributed by atoms with Crippen LogP contribution in [0.15, 0.2) is 61.4 Å². The Labute approximate surface area is 218 Å². The number of hydrogen-bond acceptors (Lipinski definition) is 7. The lowest BCUT2D eigenvalue weighted by atomic mass is 10.1. The highest BCUT2D eigenvalue weighted by molar-refractivity contribution is 5.97. The second kappa shape index (κ2) is 10.0. The number of carbonyl (C=O) groups is 1. The predicted octanol–water partition coefficient (Wildman–Crippen LogP) is 3.83. The molecule has 0 atom stereocenters. The highest BCUT2D eigenvalue weighted by Gasteiger charge is 2.34. The predicted molar refractivity (Wildman–Crippen MR) is 132 cm³/mol. The SMILES string of the molecule is COc1cc(-c2cnc3ccc(-c4cnc(N)c(C(F)(F)F)c4)nn23)c(F)cc1C(=O)NCCn1ccnc1. The molecular weight excluding hydrogens is 520 g/mol. The van der Waals surface area contributed by atoms with Gasteiger partial charge in [0.15, 0.2) is 5.65 Å². The van der Waals surface area contributed by atoms with E-state index in [0.29, 0.717) is 12.2 Å². The van der Waals surface area contributed by atoms with Crippen LogP contribution in [0.3, 0.4) is 0 Å². The zero-order chi connectivity index (χ0) is 27.7. The van der Waals surface area contributed by atoms with Crippen molar-refractivity contribution in [3.63, 3.8) is 0 Å². The molecular formula is C25H20F4N8O2. The Balaban J connectivity index is 1.48. The quantitative estimate of drug-likeness (QED) is 0.301. The number of pyridine rings is 1. The first-order chi connectivity index (χ1) is 18.7. The largest absolute Gasteiger partial charge is 0.496 e. The molecule has 0 spiro atoms. The summed E-state index contributed by atoms with van der Waals surface area (Å²) in [5, 5.41) is 7.07. The first-order valence-electron chi connectivity index (χ1n) is 11.5. The van der Waals surface area contributed by atoms with E-state index in [4.69, 9.17) is 10.5 Å². The topological polar surface area (TPSA) is 125 Å². The lowest BCUT2D eigenvalue weighted by Gasteiger charge is -2.13. The van der Waals surface area contributed by atoms with Gasteiger partial charge < -0.3 is 20.4 Å². The molecule has 1 aromatic carbocycles. The van der Waals surface area contributed by atoms with Crippen LogP contribution in [0.2, 0.25) is 0 Å². The van der Waals surface area contributed by atoms with E-state index in [2.05, 4.69) is 25.4 Å². The van der Waals surface area contributed by atoms with Crippen molar-refractivity contribution in [2.45, 2.75) is 12.7 Å². The molecule has 0 aliphatic rings. The Morgan fingerprint density at radius 2 is 1.97 bits per heavy atom. The Kier molecular flexibility index (Phi) is 6.60. The molecule has 0 radical (unpaired) electrons. The molecule has 4 heterocycles. The molecule has 5 aromatic rings. The minimum atomic E-state index is -4.70. The van der Waals surface area contributed by atoms with E-state index >= 15 is 4.39 Å². The second-order valence-electron chi connectivity index (χ2n) is 8.38. The van der Waals surface area contributed by atoms with Crippen LogP contribution >= 0.6 is 0 Å². The van der Waals surface area contributed by atoms with Crippen molar-refractivity contribution in [1.82, 2.24) is 34.4 Å². The van der Waals surface area contributed by atoms with Crippen LogP contribution in [-0.4, -0.2) is 48.7 Å². The summed E-state index contributed by atoms with van der Waals surface area (Å²) < 4.78 is 63.7. The molecule has 5 rings (SSSR count). The number of nitrogens with two attached hydrogens (primary N) is 1. The molecule has 0 unspecified atom stereocenters. The number of aromatic nitrogens is 6. The third-order valence-electron chi connectivity index (χ3n) is 5.91. The van der Waals surface area contributed by atoms with Crippen molar-refractivity contribution < 1.29 is 27.1 Å². The van der Waals surface area contributed by atoms with Crippen molar-refractivity contribution >= 4 is 17.4 Å². The molecule has 0 saturated heterocycles. The number of rotatable bonds is 7. The highest BCUT2D eigenvalue weighted by Crippen LogP contribution is 2.35. The van der Waals surface area contributed by atoms with E-state index in [1.807, 2.05) is 0 Å². The van der Waals surface area contributed by atoms with Gasteiger partial charge in [0.25, 0.3) is 5.91 Å². The summed E-state index contributed by atoms with van der Waals surface area (Å²) in [6, 6.07) is 6.21. The molecule has 14 heteroatoms. The molecule has 0 fully saturated rings. The summed E-state index contributed by atoms with van der Waals surface area (Å²) in [6.45, 7) is 0.746. The molecule has 200 valence electrons. The number of alkyl halides is 3. The average Bonchev–Trinajstić information content (AvgIpc) is 3.58. The van der Waals surface area contributed by atoms with Crippen LogP contribution in [0, 0.1) is 5.82 Å². The number of ether oxygens (including phenoxy) is 1. The van der Waals surface area contributed by atoms with Gasteiger partial charge in [0.05, 0.1) is 42.1 Å². The van der Waals surface area contributed by atoms with Crippen molar-refractivity contribution in [2.24, 2.45) is 0 Å². The number of amides is 1. The van der Waals surface area contributed by atoms with Gasteiger partial charge in [-0.2, -0.15) is 18.3 Å². The maximum absolute atomic E-state index is 15.3. The molecule has 0 bridgehead atoms. The number of hydrogen-bond donors (Lipinski definition) is 2. The lowest BCUT2D eigenvalue weighted by molar-refractivity contribution is -0.137. The molecule has 0 saturated carbocycles. The number of imidazole rings is 2. The smallest absolute Gasteiger partial charge is 0.419 e. The third kappa shape index (κ3) is 5.08. The number of methoxy groups -OCH3 is 1. The summed E-state index contributed by atoms with van der Waals surface area (Å²) >= 11 is 0. The van der Waals surface area contributed by atoms with E-state index in [1.165, 1.54) is 42.2 Å². The summed E-state index contributed by atoms with van der Waals surface area (Å²) in [4.78, 5) is 24.5. The van der Waals surface area contributed by atoms with Crippen LogP contribution in [0.5, 0.6) is 5.75 Å². The first kappa shape index (κ1) is 25.6. The number of nitrogens with one attached hydrogen (secondary N) is 1. The molecule has 1 amide bonds. The summed E-state index contributed by atoms with van der Waals surface area (Å²) in [6.07, 6.45) is 2.79. The van der Waals surface area contributed by atoms with E-state index in [-0.39, 0.29) is 40.4 Å². The third-order valence-corrected chi connectivity index (χ3v) is 5.91. The van der Waals surface area contributed by atoms with Crippen LogP contribution in [0.1, 0.15) is 15.9 Å². The normalized spacial score (nSPS) is 11.6. The number of nitrogen functional groups attached to an aromatic ring is 1. The molecule has 0 aliphatic carbocycles. The van der Waals surface area contributed by atoms with Crippen molar-refractivity contribution in [3.8, 4) is 28.3 Å². The Morgan fingerprint density at radius 1 is 1.15 bits per heavy atom. The van der Waals surface area contributed by atoms with Crippen LogP contribution in [0.4, 0.5) is 23.4 Å². The van der Waals surface area contributed by atoms with Gasteiger partial charge in [-0.25, -0.2) is 23.9 Å². The van der Waals surface area contributed by atoms with Crippen LogP contribution in [0.25, 0.3) is 28.2 Å². The van der Waals surface area contributed by atoms with Crippen molar-refractivity contribution in [3.05, 3.63) is 78.4 Å². The minimum absolute atomic E-state index is 0.0144. The van der Waals surface area contributed by atoms with Gasteiger partial charge >= 0.3 is 6.18 Å². The van der Waals surface area contributed by atoms with E-state index < -0.39 is 29.3 Å². The van der Waals surface area contributed by atoms with E-state index in [1.54, 1.807) is 23.3 Å². The van der Waals surface area contributed by atoms with Gasteiger partial charge in [0, 0.05) is 42.8 Å². The van der Waals surface area contributed by atoms with Gasteiger partial charge in [-0.15, -0.1) is 0 Å². The lowest BCUT2D eigenvalue weighted by Crippen LogP contribution is -2.27. The van der Waals surface area contributed by atoms with Gasteiger partial charge in [-0.1, -0.05) is 0 Å². The molecule has 10 nitrogen and oxygen atoms in total. The number of halogens is 4.